The number of unbranched alkanes of at least 4 members (excludes halogenated alkanes) is 2. The average molecular weight is 801 g/mol. The predicted octanol–water partition coefficient (Wildman–Crippen LogP) is 3.47. The summed E-state index contributed by atoms with van der Waals surface area (Å²) in [6.45, 7) is 7.18. The van der Waals surface area contributed by atoms with Crippen LogP contribution in [0.4, 0.5) is 0 Å². The van der Waals surface area contributed by atoms with Gasteiger partial charge in [-0.3, -0.25) is 28.8 Å². The van der Waals surface area contributed by atoms with Gasteiger partial charge in [0, 0.05) is 19.4 Å². The number of carboxylic acids is 4. The molecule has 1 aromatic rings. The van der Waals surface area contributed by atoms with E-state index in [9.17, 15) is 59.4 Å². The van der Waals surface area contributed by atoms with Crippen molar-refractivity contribution in [3.63, 3.8) is 0 Å². The molecule has 17 nitrogen and oxygen atoms in total. The van der Waals surface area contributed by atoms with Crippen molar-refractivity contribution in [3.8, 4) is 5.75 Å². The highest BCUT2D eigenvalue weighted by Crippen LogP contribution is 2.29. The van der Waals surface area contributed by atoms with Crippen molar-refractivity contribution in [3.05, 3.63) is 24.5 Å². The number of rotatable bonds is 30. The van der Waals surface area contributed by atoms with Crippen LogP contribution in [0.25, 0.3) is 0 Å². The van der Waals surface area contributed by atoms with Crippen LogP contribution >= 0.6 is 0 Å². The number of hydrogen-bond donors (Lipinski definition) is 8. The number of pyridine rings is 1. The number of carbonyl (C=O) groups is 6. The van der Waals surface area contributed by atoms with Gasteiger partial charge in [-0.2, -0.15) is 4.57 Å². The molecule has 0 spiro atoms. The highest BCUT2D eigenvalue weighted by atomic mass is 16.6. The number of esters is 2. The van der Waals surface area contributed by atoms with Crippen molar-refractivity contribution in [1.82, 2.24) is 0 Å². The summed E-state index contributed by atoms with van der Waals surface area (Å²) >= 11 is 0. The number of ether oxygens (including phenoxy) is 2. The van der Waals surface area contributed by atoms with Gasteiger partial charge in [0.1, 0.15) is 18.3 Å². The van der Waals surface area contributed by atoms with Crippen molar-refractivity contribution in [2.45, 2.75) is 154 Å². The Morgan fingerprint density at radius 1 is 0.696 bits per heavy atom. The van der Waals surface area contributed by atoms with Gasteiger partial charge in [0.25, 0.3) is 0 Å². The first-order chi connectivity index (χ1) is 26.2. The Balaban J connectivity index is 3.05. The molecule has 1 aromatic heterocycles. The SMILES string of the molecule is CCCC[C@H](C)[C@H](OC(=O)C[C@H](CC(=O)O)C(=O)O)[C@@H](C[C@H](C)C[C@@H](O)CCCC[C@H](O)C[C@@H](O)[C@@H](C)[n+]1cccc(O)c1)OC(=O)C[C@H](CC(=O)O)C(=O)O. The van der Waals surface area contributed by atoms with Crippen LogP contribution in [0.2, 0.25) is 0 Å². The lowest BCUT2D eigenvalue weighted by Crippen LogP contribution is -2.44. The lowest BCUT2D eigenvalue weighted by molar-refractivity contribution is -0.727. The van der Waals surface area contributed by atoms with Gasteiger partial charge in [0.05, 0.1) is 49.7 Å². The summed E-state index contributed by atoms with van der Waals surface area (Å²) in [5.74, 6) is -12.0. The van der Waals surface area contributed by atoms with Crippen LogP contribution in [0.5, 0.6) is 5.75 Å². The van der Waals surface area contributed by atoms with Crippen molar-refractivity contribution in [2.24, 2.45) is 23.7 Å². The summed E-state index contributed by atoms with van der Waals surface area (Å²) in [5.41, 5.74) is 0. The van der Waals surface area contributed by atoms with E-state index in [1.165, 1.54) is 12.3 Å². The van der Waals surface area contributed by atoms with Crippen molar-refractivity contribution in [1.29, 1.82) is 0 Å². The summed E-state index contributed by atoms with van der Waals surface area (Å²) in [7, 11) is 0. The van der Waals surface area contributed by atoms with Crippen LogP contribution < -0.4 is 4.57 Å². The zero-order chi connectivity index (χ0) is 42.5. The van der Waals surface area contributed by atoms with Crippen LogP contribution in [-0.4, -0.2) is 107 Å². The number of carboxylic acid groups (broad SMARTS) is 4. The molecule has 8 N–H and O–H groups in total. The molecule has 0 saturated heterocycles. The summed E-state index contributed by atoms with van der Waals surface area (Å²) in [6.07, 6.45) is -0.991. The largest absolute Gasteiger partial charge is 0.503 e. The first kappa shape index (κ1) is 49.7. The third kappa shape index (κ3) is 20.0. The summed E-state index contributed by atoms with van der Waals surface area (Å²) in [5, 5.41) is 79.0. The van der Waals surface area contributed by atoms with Crippen LogP contribution in [0.15, 0.2) is 24.5 Å². The number of aromatic nitrogens is 1. The zero-order valence-electron chi connectivity index (χ0n) is 32.8. The number of aromatic hydroxyl groups is 1. The molecule has 0 amide bonds. The predicted molar refractivity (Wildman–Crippen MR) is 197 cm³/mol. The van der Waals surface area contributed by atoms with Gasteiger partial charge in [-0.15, -0.1) is 0 Å². The number of aliphatic carboxylic acids is 4. The molecule has 0 saturated carbocycles. The Morgan fingerprint density at radius 3 is 1.70 bits per heavy atom. The maximum absolute atomic E-state index is 13.1. The number of aliphatic hydroxyl groups excluding tert-OH is 3. The molecule has 318 valence electrons. The first-order valence-corrected chi connectivity index (χ1v) is 19.3. The fraction of sp³-hybridized carbons (Fsp3) is 0.718. The van der Waals surface area contributed by atoms with Gasteiger partial charge in [-0.1, -0.05) is 46.5 Å². The molecule has 56 heavy (non-hydrogen) atoms. The second-order valence-corrected chi connectivity index (χ2v) is 15.0. The lowest BCUT2D eigenvalue weighted by atomic mass is 9.87. The zero-order valence-corrected chi connectivity index (χ0v) is 32.8. The van der Waals surface area contributed by atoms with Gasteiger partial charge in [0.15, 0.2) is 18.0 Å². The van der Waals surface area contributed by atoms with E-state index in [0.29, 0.717) is 38.5 Å². The van der Waals surface area contributed by atoms with Crippen molar-refractivity contribution >= 4 is 35.8 Å². The van der Waals surface area contributed by atoms with E-state index in [1.807, 2.05) is 6.92 Å². The normalized spacial score (nSPS) is 16.8. The Kier molecular flexibility index (Phi) is 22.8. The molecule has 0 fully saturated rings. The highest BCUT2D eigenvalue weighted by molar-refractivity contribution is 5.83. The van der Waals surface area contributed by atoms with E-state index in [0.717, 1.165) is 6.42 Å². The summed E-state index contributed by atoms with van der Waals surface area (Å²) < 4.78 is 13.1. The topological polar surface area (TPSA) is 287 Å². The van der Waals surface area contributed by atoms with Crippen LogP contribution in [0, 0.1) is 23.7 Å². The maximum Gasteiger partial charge on any atom is 0.307 e. The van der Waals surface area contributed by atoms with E-state index in [4.69, 9.17) is 19.7 Å². The molecule has 1 rings (SSSR count). The third-order valence-corrected chi connectivity index (χ3v) is 9.84. The van der Waals surface area contributed by atoms with Crippen LogP contribution in [0.1, 0.15) is 124 Å². The smallest absolute Gasteiger partial charge is 0.307 e. The molecule has 0 aromatic carbocycles. The molecule has 0 unspecified atom stereocenters. The minimum Gasteiger partial charge on any atom is -0.503 e. The molecule has 0 bridgehead atoms. The van der Waals surface area contributed by atoms with Gasteiger partial charge in [-0.05, 0) is 50.0 Å². The van der Waals surface area contributed by atoms with E-state index >= 15 is 0 Å². The van der Waals surface area contributed by atoms with Gasteiger partial charge in [0.2, 0.25) is 6.20 Å². The maximum atomic E-state index is 13.1. The van der Waals surface area contributed by atoms with Gasteiger partial charge >= 0.3 is 35.8 Å². The second-order valence-electron chi connectivity index (χ2n) is 15.0. The Labute approximate surface area is 327 Å². The molecule has 1 heterocycles. The summed E-state index contributed by atoms with van der Waals surface area (Å²) in [6, 6.07) is 2.75. The molecule has 0 aliphatic rings. The summed E-state index contributed by atoms with van der Waals surface area (Å²) in [4.78, 5) is 72.0. The quantitative estimate of drug-likeness (QED) is 0.0314. The van der Waals surface area contributed by atoms with Crippen LogP contribution in [-0.2, 0) is 38.2 Å². The van der Waals surface area contributed by atoms with Crippen molar-refractivity contribution < 1.29 is 83.7 Å². The molecule has 0 aliphatic carbocycles. The van der Waals surface area contributed by atoms with Gasteiger partial charge in [-0.25, -0.2) is 0 Å². The highest BCUT2D eigenvalue weighted by Gasteiger charge is 2.37. The molecular formula is C39H62NO16+. The number of carbonyl (C=O) groups excluding carboxylic acids is 2. The first-order valence-electron chi connectivity index (χ1n) is 19.3. The second kappa shape index (κ2) is 25.7. The van der Waals surface area contributed by atoms with Gasteiger partial charge < -0.3 is 50.3 Å². The molecule has 10 atom stereocenters. The van der Waals surface area contributed by atoms with E-state index in [-0.39, 0.29) is 30.9 Å². The van der Waals surface area contributed by atoms with E-state index < -0.39 is 116 Å². The molecule has 0 aliphatic heterocycles. The average Bonchev–Trinajstić information content (AvgIpc) is 3.09. The minimum absolute atomic E-state index is 0.0113. The molecule has 0 radical (unpaired) electrons. The Morgan fingerprint density at radius 2 is 1.21 bits per heavy atom. The number of hydrogen-bond acceptors (Lipinski definition) is 12. The lowest BCUT2D eigenvalue weighted by Gasteiger charge is -2.33. The Bertz CT molecular complexity index is 1400. The van der Waals surface area contributed by atoms with E-state index in [1.54, 1.807) is 37.6 Å². The number of aliphatic hydroxyl groups is 3. The fourth-order valence-corrected chi connectivity index (χ4v) is 6.59. The van der Waals surface area contributed by atoms with E-state index in [2.05, 4.69) is 0 Å². The number of nitrogens with zero attached hydrogens (tertiary/aromatic N) is 1. The van der Waals surface area contributed by atoms with Crippen LogP contribution in [0.3, 0.4) is 0 Å². The van der Waals surface area contributed by atoms with Crippen molar-refractivity contribution in [2.75, 3.05) is 0 Å². The Hall–Kier alpha value is -4.35. The molecular weight excluding hydrogens is 738 g/mol. The third-order valence-electron chi connectivity index (χ3n) is 9.84. The fourth-order valence-electron chi connectivity index (χ4n) is 6.59. The molecule has 17 heteroatoms. The standard InChI is InChI=1S/C39H61NO16/c1-5-6-10-24(3)37(56-36(50)20-27(39(53)54)18-34(47)48)32(55-35(49)19-26(38(51)52)17-33(45)46)16-23(2)15-28(41)11-7-8-12-29(42)21-31(44)25(4)40-14-9-13-30(43)22-40/h9,13-14,22-29,31-32,37,41-42,44H,5-8,10-12,15-21H2,1-4H3,(H4-,43,45,46,47,48,51,52,53,54)/p+1/t23-,24+,25-,26+,27+,28+,29+,31-,32-,37+/m1/s1. The minimum atomic E-state index is -1.60. The monoisotopic (exact) mass is 800 g/mol.